The van der Waals surface area contributed by atoms with Gasteiger partial charge in [-0.3, -0.25) is 4.79 Å². The maximum Gasteiger partial charge on any atom is 0.254 e. The zero-order chi connectivity index (χ0) is 19.2. The standard InChI is InChI=1S/C19H20N4O3S/c1-13-21-17-16(18(24)22-13)5-6-19(17)7-9-23(10-8-19)27(25,26)15-4-2-3-14(11-15)12-20/h2-4,11H,5-10H2,1H3,(H,21,22,24). The Kier molecular flexibility index (Phi) is 4.17. The van der Waals surface area contributed by atoms with Crippen molar-refractivity contribution in [2.45, 2.75) is 42.9 Å². The van der Waals surface area contributed by atoms with Crippen LogP contribution >= 0.6 is 0 Å². The van der Waals surface area contributed by atoms with Gasteiger partial charge in [-0.2, -0.15) is 9.57 Å². The number of nitrogens with one attached hydrogen (secondary N) is 1. The Morgan fingerprint density at radius 3 is 2.70 bits per heavy atom. The van der Waals surface area contributed by atoms with Crippen molar-refractivity contribution in [2.75, 3.05) is 13.1 Å². The topological polar surface area (TPSA) is 107 Å². The summed E-state index contributed by atoms with van der Waals surface area (Å²) in [6.45, 7) is 2.54. The molecule has 2 aliphatic rings. The van der Waals surface area contributed by atoms with Crippen molar-refractivity contribution in [2.24, 2.45) is 0 Å². The summed E-state index contributed by atoms with van der Waals surface area (Å²) < 4.78 is 27.4. The van der Waals surface area contributed by atoms with Crippen LogP contribution < -0.4 is 5.56 Å². The molecule has 4 rings (SSSR count). The zero-order valence-corrected chi connectivity index (χ0v) is 15.8. The number of piperidine rings is 1. The van der Waals surface area contributed by atoms with E-state index in [1.54, 1.807) is 19.1 Å². The van der Waals surface area contributed by atoms with Gasteiger partial charge in [-0.25, -0.2) is 13.4 Å². The summed E-state index contributed by atoms with van der Waals surface area (Å²) in [6, 6.07) is 8.09. The molecular weight excluding hydrogens is 364 g/mol. The SMILES string of the molecule is Cc1nc2c(c(=O)[nH]1)CCC21CCN(S(=O)(=O)c2cccc(C#N)c2)CC1. The molecule has 8 heteroatoms. The molecule has 1 aliphatic carbocycles. The largest absolute Gasteiger partial charge is 0.311 e. The van der Waals surface area contributed by atoms with E-state index in [0.29, 0.717) is 43.7 Å². The van der Waals surface area contributed by atoms with E-state index >= 15 is 0 Å². The summed E-state index contributed by atoms with van der Waals surface area (Å²) in [5.74, 6) is 0.600. The minimum Gasteiger partial charge on any atom is -0.311 e. The third-order valence-electron chi connectivity index (χ3n) is 5.77. The van der Waals surface area contributed by atoms with Crippen molar-refractivity contribution >= 4 is 10.0 Å². The van der Waals surface area contributed by atoms with E-state index in [0.717, 1.165) is 17.7 Å². The van der Waals surface area contributed by atoms with Gasteiger partial charge < -0.3 is 4.98 Å². The van der Waals surface area contributed by atoms with E-state index in [-0.39, 0.29) is 15.9 Å². The van der Waals surface area contributed by atoms with Crippen LogP contribution in [0.3, 0.4) is 0 Å². The Bertz CT molecular complexity index is 1110. The number of H-pyrrole nitrogens is 1. The summed E-state index contributed by atoms with van der Waals surface area (Å²) in [5.41, 5.74) is 1.64. The lowest BCUT2D eigenvalue weighted by atomic mass is 9.76. The Labute approximate surface area is 157 Å². The highest BCUT2D eigenvalue weighted by Crippen LogP contribution is 2.44. The van der Waals surface area contributed by atoms with E-state index in [4.69, 9.17) is 5.26 Å². The van der Waals surface area contributed by atoms with Gasteiger partial charge in [0, 0.05) is 24.1 Å². The number of hydrogen-bond acceptors (Lipinski definition) is 5. The third-order valence-corrected chi connectivity index (χ3v) is 7.66. The van der Waals surface area contributed by atoms with Crippen molar-refractivity contribution < 1.29 is 8.42 Å². The molecule has 2 heterocycles. The van der Waals surface area contributed by atoms with Gasteiger partial charge in [0.25, 0.3) is 5.56 Å². The molecule has 0 radical (unpaired) electrons. The van der Waals surface area contributed by atoms with Crippen molar-refractivity contribution in [3.63, 3.8) is 0 Å². The van der Waals surface area contributed by atoms with Crippen LogP contribution in [0, 0.1) is 18.3 Å². The first-order valence-electron chi connectivity index (χ1n) is 8.96. The monoisotopic (exact) mass is 384 g/mol. The van der Waals surface area contributed by atoms with Gasteiger partial charge in [-0.1, -0.05) is 6.07 Å². The molecule has 1 spiro atoms. The number of rotatable bonds is 2. The van der Waals surface area contributed by atoms with Crippen LogP contribution in [0.2, 0.25) is 0 Å². The van der Waals surface area contributed by atoms with Gasteiger partial charge >= 0.3 is 0 Å². The lowest BCUT2D eigenvalue weighted by Crippen LogP contribution is -2.44. The molecule has 0 saturated carbocycles. The Morgan fingerprint density at radius 2 is 2.00 bits per heavy atom. The van der Waals surface area contributed by atoms with Crippen LogP contribution in [0.25, 0.3) is 0 Å². The summed E-state index contributed by atoms with van der Waals surface area (Å²) in [7, 11) is -3.64. The molecule has 1 saturated heterocycles. The van der Waals surface area contributed by atoms with Crippen LogP contribution in [0.15, 0.2) is 34.0 Å². The Morgan fingerprint density at radius 1 is 1.26 bits per heavy atom. The number of aryl methyl sites for hydroxylation is 1. The second-order valence-corrected chi connectivity index (χ2v) is 9.24. The fourth-order valence-electron chi connectivity index (χ4n) is 4.28. The first-order valence-corrected chi connectivity index (χ1v) is 10.4. The van der Waals surface area contributed by atoms with E-state index in [9.17, 15) is 13.2 Å². The fourth-order valence-corrected chi connectivity index (χ4v) is 5.77. The number of hydrogen-bond donors (Lipinski definition) is 1. The van der Waals surface area contributed by atoms with Gasteiger partial charge in [0.2, 0.25) is 10.0 Å². The minimum absolute atomic E-state index is 0.0715. The van der Waals surface area contributed by atoms with Crippen LogP contribution in [0.1, 0.15) is 41.9 Å². The van der Waals surface area contributed by atoms with E-state index < -0.39 is 10.0 Å². The summed E-state index contributed by atoms with van der Waals surface area (Å²) in [6.07, 6.45) is 2.81. The Balaban J connectivity index is 1.60. The van der Waals surface area contributed by atoms with Gasteiger partial charge in [0.1, 0.15) is 5.82 Å². The van der Waals surface area contributed by atoms with E-state index in [1.807, 2.05) is 6.07 Å². The van der Waals surface area contributed by atoms with Crippen molar-refractivity contribution in [1.82, 2.24) is 14.3 Å². The molecule has 140 valence electrons. The van der Waals surface area contributed by atoms with Crippen molar-refractivity contribution in [3.05, 3.63) is 57.3 Å². The fraction of sp³-hybridized carbons (Fsp3) is 0.421. The molecule has 0 amide bonds. The minimum atomic E-state index is -3.64. The molecule has 1 aromatic heterocycles. The van der Waals surface area contributed by atoms with Gasteiger partial charge in [0.05, 0.1) is 22.2 Å². The van der Waals surface area contributed by atoms with Crippen molar-refractivity contribution in [3.8, 4) is 6.07 Å². The number of nitrogens with zero attached hydrogens (tertiary/aromatic N) is 3. The molecule has 7 nitrogen and oxygen atoms in total. The molecular formula is C19H20N4O3S. The number of fused-ring (bicyclic) bond motifs is 2. The maximum atomic E-state index is 13.0. The normalized spacial score (nSPS) is 19.0. The Hall–Kier alpha value is -2.50. The molecule has 2 aromatic rings. The predicted octanol–water partition coefficient (Wildman–Crippen LogP) is 1.62. The first-order chi connectivity index (χ1) is 12.9. The predicted molar refractivity (Wildman–Crippen MR) is 98.7 cm³/mol. The molecule has 1 aromatic carbocycles. The van der Waals surface area contributed by atoms with E-state index in [2.05, 4.69) is 9.97 Å². The number of benzene rings is 1. The smallest absolute Gasteiger partial charge is 0.254 e. The zero-order valence-electron chi connectivity index (χ0n) is 15.0. The van der Waals surface area contributed by atoms with Crippen LogP contribution in [-0.2, 0) is 21.9 Å². The second kappa shape index (κ2) is 6.29. The van der Waals surface area contributed by atoms with Gasteiger partial charge in [0.15, 0.2) is 0 Å². The number of aromatic nitrogens is 2. The lowest BCUT2D eigenvalue weighted by Gasteiger charge is -2.38. The van der Waals surface area contributed by atoms with E-state index in [1.165, 1.54) is 16.4 Å². The van der Waals surface area contributed by atoms with Gasteiger partial charge in [-0.05, 0) is 50.8 Å². The lowest BCUT2D eigenvalue weighted by molar-refractivity contribution is 0.227. The molecule has 1 N–H and O–H groups in total. The highest BCUT2D eigenvalue weighted by atomic mass is 32.2. The maximum absolute atomic E-state index is 13.0. The molecule has 1 fully saturated rings. The van der Waals surface area contributed by atoms with Crippen molar-refractivity contribution in [1.29, 1.82) is 5.26 Å². The average Bonchev–Trinajstić information content (AvgIpc) is 3.00. The summed E-state index contributed by atoms with van der Waals surface area (Å²) >= 11 is 0. The molecule has 0 atom stereocenters. The molecule has 27 heavy (non-hydrogen) atoms. The van der Waals surface area contributed by atoms with Crippen LogP contribution in [-0.4, -0.2) is 35.8 Å². The number of sulfonamides is 1. The quantitative estimate of drug-likeness (QED) is 0.847. The highest BCUT2D eigenvalue weighted by molar-refractivity contribution is 7.89. The molecule has 0 unspecified atom stereocenters. The summed E-state index contributed by atoms with van der Waals surface area (Å²) in [5, 5.41) is 9.02. The first kappa shape index (κ1) is 17.9. The van der Waals surface area contributed by atoms with Gasteiger partial charge in [-0.15, -0.1) is 0 Å². The third kappa shape index (κ3) is 2.87. The average molecular weight is 384 g/mol. The summed E-state index contributed by atoms with van der Waals surface area (Å²) in [4.78, 5) is 19.7. The molecule has 0 bridgehead atoms. The number of aromatic amines is 1. The second-order valence-electron chi connectivity index (χ2n) is 7.30. The van der Waals surface area contributed by atoms with Crippen LogP contribution in [0.5, 0.6) is 0 Å². The highest BCUT2D eigenvalue weighted by Gasteiger charge is 2.45. The van der Waals surface area contributed by atoms with Crippen LogP contribution in [0.4, 0.5) is 0 Å². The number of nitriles is 1. The molecule has 1 aliphatic heterocycles.